The van der Waals surface area contributed by atoms with E-state index in [-0.39, 0.29) is 5.91 Å². The van der Waals surface area contributed by atoms with E-state index < -0.39 is 0 Å². The second-order valence-corrected chi connectivity index (χ2v) is 6.46. The van der Waals surface area contributed by atoms with Crippen LogP contribution in [0.15, 0.2) is 41.4 Å². The van der Waals surface area contributed by atoms with E-state index in [1.165, 1.54) is 12.6 Å². The van der Waals surface area contributed by atoms with Crippen molar-refractivity contribution < 1.29 is 9.21 Å². The molecule has 0 aliphatic carbocycles. The minimum absolute atomic E-state index is 0.306. The molecule has 1 amide bonds. The van der Waals surface area contributed by atoms with Crippen molar-refractivity contribution in [1.82, 2.24) is 29.8 Å². The molecule has 0 atom stereocenters. The lowest BCUT2D eigenvalue weighted by Crippen LogP contribution is -2.13. The van der Waals surface area contributed by atoms with Gasteiger partial charge in [-0.2, -0.15) is 0 Å². The summed E-state index contributed by atoms with van der Waals surface area (Å²) in [5.41, 5.74) is 3.95. The first-order valence-electron chi connectivity index (χ1n) is 7.92. The van der Waals surface area contributed by atoms with Crippen molar-refractivity contribution in [2.45, 2.75) is 13.8 Å². The minimum atomic E-state index is -0.306. The summed E-state index contributed by atoms with van der Waals surface area (Å²) in [6.07, 6.45) is 4.40. The highest BCUT2D eigenvalue weighted by atomic mass is 32.1. The molecule has 10 heteroatoms. The molecule has 1 aromatic carbocycles. The number of benzene rings is 1. The third kappa shape index (κ3) is 3.42. The fourth-order valence-corrected chi connectivity index (χ4v) is 3.03. The molecule has 0 saturated heterocycles. The van der Waals surface area contributed by atoms with Crippen LogP contribution in [0.4, 0.5) is 5.82 Å². The molecule has 4 aromatic rings. The van der Waals surface area contributed by atoms with Gasteiger partial charge in [0, 0.05) is 11.1 Å². The Morgan fingerprint density at radius 2 is 2.04 bits per heavy atom. The zero-order valence-corrected chi connectivity index (χ0v) is 15.2. The van der Waals surface area contributed by atoms with Crippen molar-refractivity contribution in [3.05, 3.63) is 53.1 Å². The standard InChI is InChI=1S/C17H13N7O2S/c1-9-3-4-11(17-23-20-8-26-17)5-12(9)13-6-19-14(7-18-13)21-16(25)15-10(2)22-24-27-15/h3-8H,1-2H3,(H,19,21,25). The summed E-state index contributed by atoms with van der Waals surface area (Å²) < 4.78 is 9.00. The maximum absolute atomic E-state index is 12.2. The van der Waals surface area contributed by atoms with Gasteiger partial charge < -0.3 is 9.73 Å². The monoisotopic (exact) mass is 379 g/mol. The second-order valence-electron chi connectivity index (χ2n) is 5.70. The Hall–Kier alpha value is -3.53. The van der Waals surface area contributed by atoms with Gasteiger partial charge in [-0.15, -0.1) is 15.3 Å². The van der Waals surface area contributed by atoms with Crippen LogP contribution in [0, 0.1) is 13.8 Å². The van der Waals surface area contributed by atoms with Crippen LogP contribution in [0.3, 0.4) is 0 Å². The van der Waals surface area contributed by atoms with Crippen LogP contribution >= 0.6 is 11.5 Å². The summed E-state index contributed by atoms with van der Waals surface area (Å²) in [5.74, 6) is 0.475. The molecule has 0 fully saturated rings. The molecule has 3 heterocycles. The summed E-state index contributed by atoms with van der Waals surface area (Å²) in [7, 11) is 0. The van der Waals surface area contributed by atoms with Gasteiger partial charge in [-0.1, -0.05) is 10.6 Å². The summed E-state index contributed by atoms with van der Waals surface area (Å²) in [5, 5.41) is 14.1. The van der Waals surface area contributed by atoms with Gasteiger partial charge in [-0.25, -0.2) is 4.98 Å². The average Bonchev–Trinajstić information content (AvgIpc) is 3.35. The molecular weight excluding hydrogens is 366 g/mol. The van der Waals surface area contributed by atoms with Crippen molar-refractivity contribution >= 4 is 23.3 Å². The molecule has 134 valence electrons. The van der Waals surface area contributed by atoms with E-state index in [9.17, 15) is 4.79 Å². The molecular formula is C17H13N7O2S. The summed E-state index contributed by atoms with van der Waals surface area (Å²) >= 11 is 1.04. The highest BCUT2D eigenvalue weighted by Crippen LogP contribution is 2.27. The van der Waals surface area contributed by atoms with Gasteiger partial charge in [-0.05, 0) is 43.1 Å². The van der Waals surface area contributed by atoms with Crippen LogP contribution < -0.4 is 5.32 Å². The van der Waals surface area contributed by atoms with Crippen molar-refractivity contribution in [2.24, 2.45) is 0 Å². The highest BCUT2D eigenvalue weighted by molar-refractivity contribution is 7.08. The van der Waals surface area contributed by atoms with Crippen LogP contribution in [0.5, 0.6) is 0 Å². The lowest BCUT2D eigenvalue weighted by molar-refractivity contribution is 0.102. The molecule has 27 heavy (non-hydrogen) atoms. The maximum atomic E-state index is 12.2. The number of aryl methyl sites for hydroxylation is 2. The van der Waals surface area contributed by atoms with Gasteiger partial charge in [-0.3, -0.25) is 9.78 Å². The van der Waals surface area contributed by atoms with Crippen molar-refractivity contribution in [3.63, 3.8) is 0 Å². The van der Waals surface area contributed by atoms with Gasteiger partial charge in [0.2, 0.25) is 12.3 Å². The number of carbonyl (C=O) groups is 1. The molecule has 4 rings (SSSR count). The molecule has 0 bridgehead atoms. The van der Waals surface area contributed by atoms with Gasteiger partial charge >= 0.3 is 0 Å². The van der Waals surface area contributed by atoms with Gasteiger partial charge in [0.15, 0.2) is 5.82 Å². The number of nitrogens with zero attached hydrogens (tertiary/aromatic N) is 6. The fraction of sp³-hybridized carbons (Fsp3) is 0.118. The Morgan fingerprint density at radius 1 is 1.15 bits per heavy atom. The first kappa shape index (κ1) is 16.9. The Labute approximate surface area is 157 Å². The lowest BCUT2D eigenvalue weighted by Gasteiger charge is -2.08. The molecule has 0 saturated carbocycles. The number of amides is 1. The smallest absolute Gasteiger partial charge is 0.270 e. The van der Waals surface area contributed by atoms with E-state index in [4.69, 9.17) is 4.42 Å². The fourth-order valence-electron chi connectivity index (χ4n) is 2.47. The van der Waals surface area contributed by atoms with Crippen molar-refractivity contribution in [3.8, 4) is 22.7 Å². The number of aromatic nitrogens is 6. The second kappa shape index (κ2) is 7.00. The van der Waals surface area contributed by atoms with E-state index in [0.29, 0.717) is 28.0 Å². The Morgan fingerprint density at radius 3 is 2.70 bits per heavy atom. The summed E-state index contributed by atoms with van der Waals surface area (Å²) in [6, 6.07) is 5.77. The van der Waals surface area contributed by atoms with Crippen molar-refractivity contribution in [2.75, 3.05) is 5.32 Å². The SMILES string of the molecule is Cc1ccc(-c2nnco2)cc1-c1cnc(NC(=O)c2snnc2C)cn1. The number of carbonyl (C=O) groups excluding carboxylic acids is 1. The topological polar surface area (TPSA) is 120 Å². The number of hydrogen-bond acceptors (Lipinski definition) is 9. The van der Waals surface area contributed by atoms with Crippen LogP contribution in [0.2, 0.25) is 0 Å². The van der Waals surface area contributed by atoms with Gasteiger partial charge in [0.1, 0.15) is 4.88 Å². The first-order valence-corrected chi connectivity index (χ1v) is 8.69. The van der Waals surface area contributed by atoms with Crippen LogP contribution in [0.25, 0.3) is 22.7 Å². The molecule has 0 spiro atoms. The molecule has 0 radical (unpaired) electrons. The third-order valence-corrected chi connectivity index (χ3v) is 4.70. The van der Waals surface area contributed by atoms with Crippen molar-refractivity contribution in [1.29, 1.82) is 0 Å². The zero-order valence-electron chi connectivity index (χ0n) is 14.4. The minimum Gasteiger partial charge on any atom is -0.423 e. The predicted molar refractivity (Wildman–Crippen MR) is 98.1 cm³/mol. The van der Waals surface area contributed by atoms with E-state index in [0.717, 1.165) is 28.2 Å². The Balaban J connectivity index is 1.58. The quantitative estimate of drug-likeness (QED) is 0.575. The third-order valence-electron chi connectivity index (χ3n) is 3.87. The average molecular weight is 379 g/mol. The lowest BCUT2D eigenvalue weighted by atomic mass is 10.0. The summed E-state index contributed by atoms with van der Waals surface area (Å²) in [6.45, 7) is 3.70. The van der Waals surface area contributed by atoms with Crippen LogP contribution in [-0.2, 0) is 0 Å². The molecule has 3 aromatic heterocycles. The predicted octanol–water partition coefficient (Wildman–Crippen LogP) is 2.91. The molecule has 0 unspecified atom stereocenters. The van der Waals surface area contributed by atoms with Crippen LogP contribution in [-0.4, -0.2) is 35.7 Å². The zero-order chi connectivity index (χ0) is 18.8. The Bertz CT molecular complexity index is 1090. The van der Waals surface area contributed by atoms with Gasteiger partial charge in [0.05, 0.1) is 23.8 Å². The largest absolute Gasteiger partial charge is 0.423 e. The number of nitrogens with one attached hydrogen (secondary N) is 1. The number of anilines is 1. The molecule has 0 aliphatic rings. The normalized spacial score (nSPS) is 10.7. The van der Waals surface area contributed by atoms with E-state index in [2.05, 4.69) is 35.1 Å². The molecule has 9 nitrogen and oxygen atoms in total. The number of hydrogen-bond donors (Lipinski definition) is 1. The Kier molecular flexibility index (Phi) is 4.38. The first-order chi connectivity index (χ1) is 13.1. The molecule has 1 N–H and O–H groups in total. The highest BCUT2D eigenvalue weighted by Gasteiger charge is 2.15. The summed E-state index contributed by atoms with van der Waals surface area (Å²) in [4.78, 5) is 21.4. The van der Waals surface area contributed by atoms with E-state index >= 15 is 0 Å². The van der Waals surface area contributed by atoms with Gasteiger partial charge in [0.25, 0.3) is 5.91 Å². The van der Waals surface area contributed by atoms with E-state index in [1.807, 2.05) is 25.1 Å². The molecule has 0 aliphatic heterocycles. The van der Waals surface area contributed by atoms with Crippen LogP contribution in [0.1, 0.15) is 20.9 Å². The van der Waals surface area contributed by atoms with E-state index in [1.54, 1.807) is 13.1 Å². The number of rotatable bonds is 4. The maximum Gasteiger partial charge on any atom is 0.270 e.